The van der Waals surface area contributed by atoms with Crippen LogP contribution in [0.5, 0.6) is 5.75 Å². The highest BCUT2D eigenvalue weighted by Gasteiger charge is 2.32. The number of carbonyl (C=O) groups excluding carboxylic acids is 1. The largest absolute Gasteiger partial charge is 0.616 e. The Labute approximate surface area is 192 Å². The lowest BCUT2D eigenvalue weighted by Gasteiger charge is -2.34. The number of halogens is 1. The van der Waals surface area contributed by atoms with Crippen LogP contribution in [0, 0.1) is 0 Å². The molecule has 0 saturated carbocycles. The van der Waals surface area contributed by atoms with Crippen molar-refractivity contribution in [3.8, 4) is 5.75 Å². The van der Waals surface area contributed by atoms with E-state index in [4.69, 9.17) is 21.1 Å². The first-order valence-electron chi connectivity index (χ1n) is 10.5. The molecule has 3 rings (SSSR count). The van der Waals surface area contributed by atoms with E-state index in [-0.39, 0.29) is 11.2 Å². The van der Waals surface area contributed by atoms with Gasteiger partial charge in [-0.05, 0) is 50.1 Å². The van der Waals surface area contributed by atoms with E-state index in [1.165, 1.54) is 0 Å². The van der Waals surface area contributed by atoms with Crippen molar-refractivity contribution in [2.45, 2.75) is 44.6 Å². The van der Waals surface area contributed by atoms with Crippen molar-refractivity contribution in [3.63, 3.8) is 0 Å². The summed E-state index contributed by atoms with van der Waals surface area (Å²) in [6.45, 7) is 8.00. The Kier molecular flexibility index (Phi) is 8.28. The lowest BCUT2D eigenvalue weighted by Crippen LogP contribution is -2.43. The quantitative estimate of drug-likeness (QED) is 0.437. The molecule has 7 heteroatoms. The maximum atomic E-state index is 12.6. The lowest BCUT2D eigenvalue weighted by molar-refractivity contribution is -0.155. The highest BCUT2D eigenvalue weighted by Crippen LogP contribution is 2.30. The third kappa shape index (κ3) is 7.42. The van der Waals surface area contributed by atoms with Crippen molar-refractivity contribution in [3.05, 3.63) is 64.7 Å². The molecule has 0 amide bonds. The molecule has 0 N–H and O–H groups in total. The van der Waals surface area contributed by atoms with Gasteiger partial charge in [-0.15, -0.1) is 0 Å². The van der Waals surface area contributed by atoms with E-state index in [0.29, 0.717) is 36.9 Å². The monoisotopic (exact) mass is 463 g/mol. The van der Waals surface area contributed by atoms with Gasteiger partial charge in [0.2, 0.25) is 0 Å². The molecule has 0 aromatic heterocycles. The number of hydrogen-bond donors (Lipinski definition) is 0. The molecule has 0 radical (unpaired) electrons. The molecule has 2 aromatic rings. The van der Waals surface area contributed by atoms with Crippen molar-refractivity contribution in [2.24, 2.45) is 0 Å². The van der Waals surface area contributed by atoms with Gasteiger partial charge >= 0.3 is 5.97 Å². The van der Waals surface area contributed by atoms with Crippen LogP contribution >= 0.6 is 11.6 Å². The number of hydrogen-bond acceptors (Lipinski definition) is 5. The van der Waals surface area contributed by atoms with Crippen molar-refractivity contribution in [2.75, 3.05) is 25.4 Å². The maximum absolute atomic E-state index is 12.6. The molecule has 0 aliphatic carbocycles. The predicted molar refractivity (Wildman–Crippen MR) is 125 cm³/mol. The van der Waals surface area contributed by atoms with Crippen molar-refractivity contribution < 1.29 is 18.8 Å². The Balaban J connectivity index is 1.54. The predicted octanol–water partition coefficient (Wildman–Crippen LogP) is 4.76. The minimum absolute atomic E-state index is 0.0787. The third-order valence-electron chi connectivity index (χ3n) is 5.01. The van der Waals surface area contributed by atoms with Crippen LogP contribution in [-0.2, 0) is 27.3 Å². The highest BCUT2D eigenvalue weighted by atomic mass is 35.5. The zero-order chi connectivity index (χ0) is 22.4. The van der Waals surface area contributed by atoms with Gasteiger partial charge in [-0.3, -0.25) is 9.69 Å². The number of nitrogens with zero attached hydrogens (tertiary/aromatic N) is 1. The van der Waals surface area contributed by atoms with E-state index >= 15 is 0 Å². The zero-order valence-corrected chi connectivity index (χ0v) is 19.9. The van der Waals surface area contributed by atoms with Crippen molar-refractivity contribution in [1.82, 2.24) is 4.90 Å². The SMILES string of the molecule is CC(C)(C)OC(=O)CCN1CC[S+]([O-])C(c2ccc(OCc3ccccc3Cl)cc2)C1. The van der Waals surface area contributed by atoms with E-state index in [1.807, 2.05) is 69.3 Å². The summed E-state index contributed by atoms with van der Waals surface area (Å²) in [5, 5.41) is 0.605. The molecule has 2 unspecified atom stereocenters. The van der Waals surface area contributed by atoms with Crippen LogP contribution in [0.25, 0.3) is 0 Å². The minimum Gasteiger partial charge on any atom is -0.616 e. The maximum Gasteiger partial charge on any atom is 0.307 e. The van der Waals surface area contributed by atoms with Gasteiger partial charge < -0.3 is 14.0 Å². The molecule has 168 valence electrons. The summed E-state index contributed by atoms with van der Waals surface area (Å²) < 4.78 is 23.9. The third-order valence-corrected chi connectivity index (χ3v) is 7.02. The van der Waals surface area contributed by atoms with Crippen molar-refractivity contribution >= 4 is 28.7 Å². The molecule has 1 saturated heterocycles. The summed E-state index contributed by atoms with van der Waals surface area (Å²) in [4.78, 5) is 14.2. The molecule has 1 fully saturated rings. The fourth-order valence-electron chi connectivity index (χ4n) is 3.43. The van der Waals surface area contributed by atoms with Gasteiger partial charge in [-0.1, -0.05) is 41.9 Å². The Morgan fingerprint density at radius 1 is 1.19 bits per heavy atom. The molecular formula is C24H30ClNO4S. The van der Waals surface area contributed by atoms with Crippen molar-refractivity contribution in [1.29, 1.82) is 0 Å². The second-order valence-corrected chi connectivity index (χ2v) is 10.8. The normalized spacial score (nSPS) is 19.8. The van der Waals surface area contributed by atoms with Crippen LogP contribution < -0.4 is 4.74 Å². The molecular weight excluding hydrogens is 434 g/mol. The summed E-state index contributed by atoms with van der Waals surface area (Å²) in [5.41, 5.74) is 1.48. The summed E-state index contributed by atoms with van der Waals surface area (Å²) >= 11 is 5.24. The van der Waals surface area contributed by atoms with E-state index in [2.05, 4.69) is 4.90 Å². The van der Waals surface area contributed by atoms with Gasteiger partial charge in [0.1, 0.15) is 23.7 Å². The number of rotatable bonds is 7. The Hall–Kier alpha value is -1.73. The van der Waals surface area contributed by atoms with E-state index in [0.717, 1.165) is 23.4 Å². The number of benzene rings is 2. The average Bonchev–Trinajstić information content (AvgIpc) is 2.72. The Bertz CT molecular complexity index is 869. The second-order valence-electron chi connectivity index (χ2n) is 8.66. The van der Waals surface area contributed by atoms with Gasteiger partial charge in [0.25, 0.3) is 0 Å². The van der Waals surface area contributed by atoms with Crippen LogP contribution in [-0.4, -0.2) is 46.4 Å². The standard InChI is InChI=1S/C24H30ClNO4S/c1-24(2,3)30-23(27)12-13-26-14-15-31(28)22(16-26)18-8-10-20(11-9-18)29-17-19-6-4-5-7-21(19)25/h4-11,22H,12-17H2,1-3H3. The molecule has 1 aliphatic rings. The number of ether oxygens (including phenoxy) is 2. The highest BCUT2D eigenvalue weighted by molar-refractivity contribution is 7.91. The lowest BCUT2D eigenvalue weighted by atomic mass is 10.1. The molecule has 1 heterocycles. The first-order valence-corrected chi connectivity index (χ1v) is 12.2. The second kappa shape index (κ2) is 10.7. The molecule has 2 aromatic carbocycles. The van der Waals surface area contributed by atoms with E-state index < -0.39 is 16.8 Å². The molecule has 5 nitrogen and oxygen atoms in total. The van der Waals surface area contributed by atoms with Crippen LogP contribution in [0.3, 0.4) is 0 Å². The van der Waals surface area contributed by atoms with Gasteiger partial charge in [0.05, 0.1) is 13.0 Å². The molecule has 0 bridgehead atoms. The zero-order valence-electron chi connectivity index (χ0n) is 18.3. The molecule has 1 aliphatic heterocycles. The van der Waals surface area contributed by atoms with Crippen LogP contribution in [0.1, 0.15) is 43.6 Å². The number of carbonyl (C=O) groups is 1. The smallest absolute Gasteiger partial charge is 0.307 e. The van der Waals surface area contributed by atoms with Gasteiger partial charge in [0, 0.05) is 29.2 Å². The Morgan fingerprint density at radius 2 is 1.90 bits per heavy atom. The average molecular weight is 464 g/mol. The topological polar surface area (TPSA) is 61.8 Å². The molecule has 2 atom stereocenters. The number of esters is 1. The van der Waals surface area contributed by atoms with E-state index in [1.54, 1.807) is 0 Å². The summed E-state index contributed by atoms with van der Waals surface area (Å²) in [6.07, 6.45) is 0.339. The van der Waals surface area contributed by atoms with Crippen LogP contribution in [0.4, 0.5) is 0 Å². The van der Waals surface area contributed by atoms with Crippen LogP contribution in [0.15, 0.2) is 48.5 Å². The van der Waals surface area contributed by atoms with Gasteiger partial charge in [-0.25, -0.2) is 0 Å². The van der Waals surface area contributed by atoms with Gasteiger partial charge in [-0.2, -0.15) is 0 Å². The Morgan fingerprint density at radius 3 is 2.58 bits per heavy atom. The molecule has 31 heavy (non-hydrogen) atoms. The first kappa shape index (κ1) is 23.9. The minimum atomic E-state index is -0.939. The summed E-state index contributed by atoms with van der Waals surface area (Å²) in [7, 11) is 0. The van der Waals surface area contributed by atoms with Crippen LogP contribution in [0.2, 0.25) is 5.02 Å². The summed E-state index contributed by atoms with van der Waals surface area (Å²) in [5.74, 6) is 1.15. The molecule has 0 spiro atoms. The fourth-order valence-corrected chi connectivity index (χ4v) is 5.18. The summed E-state index contributed by atoms with van der Waals surface area (Å²) in [6, 6.07) is 15.4. The fraction of sp³-hybridized carbons (Fsp3) is 0.458. The first-order chi connectivity index (χ1) is 14.7. The van der Waals surface area contributed by atoms with E-state index in [9.17, 15) is 9.35 Å². The van der Waals surface area contributed by atoms with Gasteiger partial charge in [0.15, 0.2) is 5.25 Å².